The summed E-state index contributed by atoms with van der Waals surface area (Å²) in [5.74, 6) is 0.462. The van der Waals surface area contributed by atoms with Crippen molar-refractivity contribution in [2.45, 2.75) is 26.4 Å². The second kappa shape index (κ2) is 8.67. The van der Waals surface area contributed by atoms with Gasteiger partial charge in [0.15, 0.2) is 11.2 Å². The molecule has 10 heteroatoms. The molecule has 0 radical (unpaired) electrons. The van der Waals surface area contributed by atoms with Crippen LogP contribution in [0.1, 0.15) is 17.5 Å². The number of pyridine rings is 1. The number of nitrogens with zero attached hydrogens (tertiary/aromatic N) is 5. The van der Waals surface area contributed by atoms with Gasteiger partial charge >= 0.3 is 11.7 Å². The first-order valence-corrected chi connectivity index (χ1v) is 10.1. The Labute approximate surface area is 183 Å². The van der Waals surface area contributed by atoms with E-state index in [2.05, 4.69) is 9.97 Å². The van der Waals surface area contributed by atoms with Gasteiger partial charge in [0.1, 0.15) is 5.75 Å². The number of fused-ring (bicyclic) bond motifs is 1. The number of hydrogen-bond donors (Lipinski definition) is 2. The zero-order valence-corrected chi connectivity index (χ0v) is 17.9. The highest BCUT2D eigenvalue weighted by Gasteiger charge is 2.22. The van der Waals surface area contributed by atoms with Crippen LogP contribution in [0.25, 0.3) is 11.2 Å². The number of rotatable bonds is 7. The molecule has 0 spiro atoms. The number of nitrogen functional groups attached to an aromatic ring is 1. The molecule has 3 heterocycles. The predicted molar refractivity (Wildman–Crippen MR) is 120 cm³/mol. The zero-order valence-electron chi connectivity index (χ0n) is 17.9. The Bertz CT molecular complexity index is 1380. The molecule has 166 valence electrons. The highest BCUT2D eigenvalue weighted by Crippen LogP contribution is 2.25. The van der Waals surface area contributed by atoms with E-state index in [4.69, 9.17) is 10.5 Å². The smallest absolute Gasteiger partial charge is 0.332 e. The molecule has 3 aromatic heterocycles. The van der Waals surface area contributed by atoms with Crippen LogP contribution < -0.4 is 21.7 Å². The van der Waals surface area contributed by atoms with Crippen molar-refractivity contribution in [2.75, 3.05) is 12.3 Å². The van der Waals surface area contributed by atoms with E-state index in [1.807, 2.05) is 19.1 Å². The normalized spacial score (nSPS) is 11.2. The average molecular weight is 436 g/mol. The molecule has 0 fully saturated rings. The Hall–Kier alpha value is -3.92. The minimum absolute atomic E-state index is 0.100. The van der Waals surface area contributed by atoms with Gasteiger partial charge in [-0.05, 0) is 42.7 Å². The monoisotopic (exact) mass is 436 g/mol. The van der Waals surface area contributed by atoms with Crippen LogP contribution in [0.5, 0.6) is 11.8 Å². The summed E-state index contributed by atoms with van der Waals surface area (Å²) in [5.41, 5.74) is 7.66. The lowest BCUT2D eigenvalue weighted by atomic mass is 10.2. The van der Waals surface area contributed by atoms with E-state index in [1.54, 1.807) is 42.2 Å². The van der Waals surface area contributed by atoms with Crippen molar-refractivity contribution in [3.8, 4) is 11.8 Å². The van der Waals surface area contributed by atoms with E-state index in [0.717, 1.165) is 15.7 Å². The van der Waals surface area contributed by atoms with Crippen LogP contribution in [0.3, 0.4) is 0 Å². The molecule has 0 saturated carbocycles. The van der Waals surface area contributed by atoms with Crippen LogP contribution in [-0.2, 0) is 20.1 Å². The van der Waals surface area contributed by atoms with Crippen LogP contribution in [0, 0.1) is 6.92 Å². The van der Waals surface area contributed by atoms with Crippen molar-refractivity contribution in [1.29, 1.82) is 0 Å². The van der Waals surface area contributed by atoms with Crippen molar-refractivity contribution in [1.82, 2.24) is 23.7 Å². The summed E-state index contributed by atoms with van der Waals surface area (Å²) in [6.07, 6.45) is 3.54. The molecule has 0 saturated heterocycles. The topological polar surface area (TPSA) is 130 Å². The van der Waals surface area contributed by atoms with Crippen molar-refractivity contribution in [2.24, 2.45) is 7.05 Å². The first-order valence-electron chi connectivity index (χ1n) is 10.1. The molecule has 0 aliphatic carbocycles. The van der Waals surface area contributed by atoms with Gasteiger partial charge < -0.3 is 15.6 Å². The Morgan fingerprint density at radius 3 is 2.56 bits per heavy atom. The van der Waals surface area contributed by atoms with Gasteiger partial charge in [-0.15, -0.1) is 0 Å². The lowest BCUT2D eigenvalue weighted by molar-refractivity contribution is 0.277. The minimum atomic E-state index is -0.503. The van der Waals surface area contributed by atoms with E-state index >= 15 is 0 Å². The van der Waals surface area contributed by atoms with E-state index in [-0.39, 0.29) is 43.3 Å². The van der Waals surface area contributed by atoms with Crippen LogP contribution in [0.2, 0.25) is 0 Å². The molecule has 0 atom stereocenters. The zero-order chi connectivity index (χ0) is 22.8. The summed E-state index contributed by atoms with van der Waals surface area (Å²) in [6.45, 7) is 2.13. The Balaban J connectivity index is 1.93. The van der Waals surface area contributed by atoms with Crippen LogP contribution in [0.15, 0.2) is 52.3 Å². The summed E-state index contributed by atoms with van der Waals surface area (Å²) in [5, 5.41) is 9.18. The third-order valence-electron chi connectivity index (χ3n) is 5.12. The highest BCUT2D eigenvalue weighted by molar-refractivity contribution is 5.72. The SMILES string of the molecule is Cc1cncc(Oc2nc3c(c(=O)n(CCCO)c(=O)n3C)n2Cc2ccc(N)cc2)c1. The fourth-order valence-electron chi connectivity index (χ4n) is 3.50. The van der Waals surface area contributed by atoms with E-state index < -0.39 is 11.2 Å². The number of aryl methyl sites for hydroxylation is 2. The quantitative estimate of drug-likeness (QED) is 0.419. The van der Waals surface area contributed by atoms with Crippen molar-refractivity contribution < 1.29 is 9.84 Å². The summed E-state index contributed by atoms with van der Waals surface area (Å²) in [6, 6.07) is 9.22. The van der Waals surface area contributed by atoms with Gasteiger partial charge in [0, 0.05) is 32.1 Å². The molecular weight excluding hydrogens is 412 g/mol. The number of benzene rings is 1. The number of aromatic nitrogens is 5. The Morgan fingerprint density at radius 2 is 1.88 bits per heavy atom. The number of ether oxygens (including phenoxy) is 1. The number of hydrogen-bond acceptors (Lipinski definition) is 7. The van der Waals surface area contributed by atoms with Crippen LogP contribution in [0.4, 0.5) is 5.69 Å². The van der Waals surface area contributed by atoms with E-state index in [9.17, 15) is 14.7 Å². The van der Waals surface area contributed by atoms with Gasteiger partial charge in [-0.2, -0.15) is 4.98 Å². The Morgan fingerprint density at radius 1 is 1.12 bits per heavy atom. The third kappa shape index (κ3) is 4.00. The predicted octanol–water partition coefficient (Wildman–Crippen LogP) is 1.41. The number of imidazole rings is 1. The van der Waals surface area contributed by atoms with Gasteiger partial charge in [-0.3, -0.25) is 23.5 Å². The number of nitrogens with two attached hydrogens (primary N) is 1. The highest BCUT2D eigenvalue weighted by atomic mass is 16.5. The second-order valence-corrected chi connectivity index (χ2v) is 7.57. The average Bonchev–Trinajstić information content (AvgIpc) is 3.12. The maximum Gasteiger partial charge on any atom is 0.332 e. The van der Waals surface area contributed by atoms with E-state index in [0.29, 0.717) is 11.4 Å². The summed E-state index contributed by atoms with van der Waals surface area (Å²) >= 11 is 0. The maximum atomic E-state index is 13.3. The van der Waals surface area contributed by atoms with Gasteiger partial charge in [-0.25, -0.2) is 4.79 Å². The molecule has 0 aliphatic rings. The van der Waals surface area contributed by atoms with E-state index in [1.165, 1.54) is 4.57 Å². The minimum Gasteiger partial charge on any atom is -0.424 e. The number of aliphatic hydroxyl groups is 1. The lowest BCUT2D eigenvalue weighted by Gasteiger charge is -2.11. The van der Waals surface area contributed by atoms with Gasteiger partial charge in [0.2, 0.25) is 0 Å². The molecule has 0 bridgehead atoms. The second-order valence-electron chi connectivity index (χ2n) is 7.57. The molecule has 4 rings (SSSR count). The first kappa shape index (κ1) is 21.3. The van der Waals surface area contributed by atoms with Crippen molar-refractivity contribution >= 4 is 16.9 Å². The molecule has 1 aromatic carbocycles. The molecule has 4 aromatic rings. The molecule has 0 unspecified atom stereocenters. The molecular formula is C22H24N6O4. The van der Waals surface area contributed by atoms with Gasteiger partial charge in [-0.1, -0.05) is 12.1 Å². The van der Waals surface area contributed by atoms with Crippen molar-refractivity contribution in [3.05, 3.63) is 74.7 Å². The maximum absolute atomic E-state index is 13.3. The summed E-state index contributed by atoms with van der Waals surface area (Å²) in [7, 11) is 1.55. The summed E-state index contributed by atoms with van der Waals surface area (Å²) in [4.78, 5) is 34.7. The molecule has 32 heavy (non-hydrogen) atoms. The van der Waals surface area contributed by atoms with Crippen LogP contribution >= 0.6 is 0 Å². The molecule has 0 aliphatic heterocycles. The standard InChI is InChI=1S/C22H24N6O4/c1-14-10-17(12-24-11-14)32-21-25-19-18(28(21)13-15-4-6-16(23)7-5-15)20(30)27(8-3-9-29)22(31)26(19)2/h4-7,10-12,29H,3,8-9,13,23H2,1-2H3. The fraction of sp³-hybridized carbons (Fsp3) is 0.273. The molecule has 10 nitrogen and oxygen atoms in total. The first-order chi connectivity index (χ1) is 15.4. The Kier molecular flexibility index (Phi) is 5.78. The van der Waals surface area contributed by atoms with Gasteiger partial charge in [0.25, 0.3) is 5.56 Å². The van der Waals surface area contributed by atoms with Crippen molar-refractivity contribution in [3.63, 3.8) is 0 Å². The molecule has 3 N–H and O–H groups in total. The number of aliphatic hydroxyl groups excluding tert-OH is 1. The fourth-order valence-corrected chi connectivity index (χ4v) is 3.50. The van der Waals surface area contributed by atoms with Gasteiger partial charge in [0.05, 0.1) is 12.7 Å². The number of anilines is 1. The third-order valence-corrected chi connectivity index (χ3v) is 5.12. The van der Waals surface area contributed by atoms with Crippen LogP contribution in [-0.4, -0.2) is 35.4 Å². The largest absolute Gasteiger partial charge is 0.424 e. The lowest BCUT2D eigenvalue weighted by Crippen LogP contribution is -2.39. The molecule has 0 amide bonds. The summed E-state index contributed by atoms with van der Waals surface area (Å²) < 4.78 is 10.1.